The van der Waals surface area contributed by atoms with Crippen LogP contribution in [0.3, 0.4) is 0 Å². The number of H-pyrrole nitrogens is 1. The molecular weight excluding hydrogens is 184 g/mol. The normalized spacial score (nSPS) is 12.5. The summed E-state index contributed by atoms with van der Waals surface area (Å²) in [7, 11) is 0. The second-order valence-electron chi connectivity index (χ2n) is 2.91. The summed E-state index contributed by atoms with van der Waals surface area (Å²) in [6.07, 6.45) is 0.105. The van der Waals surface area contributed by atoms with Crippen LogP contribution in [-0.4, -0.2) is 27.8 Å². The number of hydrogen-bond acceptors (Lipinski definition) is 5. The van der Waals surface area contributed by atoms with Crippen molar-refractivity contribution in [3.05, 3.63) is 11.6 Å². The number of carbonyl (C=O) groups excluding carboxylic acids is 1. The molecule has 0 saturated heterocycles. The molecule has 0 aliphatic rings. The Balaban J connectivity index is 2.55. The quantitative estimate of drug-likeness (QED) is 0.660. The van der Waals surface area contributed by atoms with Gasteiger partial charge in [0.25, 0.3) is 0 Å². The Morgan fingerprint density at radius 3 is 2.93 bits per heavy atom. The number of aromatic nitrogens is 3. The van der Waals surface area contributed by atoms with E-state index < -0.39 is 0 Å². The van der Waals surface area contributed by atoms with Crippen LogP contribution in [0.15, 0.2) is 0 Å². The van der Waals surface area contributed by atoms with Gasteiger partial charge in [-0.3, -0.25) is 9.89 Å². The lowest BCUT2D eigenvalue weighted by Crippen LogP contribution is -2.09. The summed E-state index contributed by atoms with van der Waals surface area (Å²) >= 11 is 0. The Morgan fingerprint density at radius 2 is 2.43 bits per heavy atom. The minimum Gasteiger partial charge on any atom is -0.466 e. The van der Waals surface area contributed by atoms with Gasteiger partial charge in [-0.25, -0.2) is 4.98 Å². The van der Waals surface area contributed by atoms with Gasteiger partial charge in [0.2, 0.25) is 0 Å². The van der Waals surface area contributed by atoms with Crippen LogP contribution in [0.1, 0.15) is 31.5 Å². The molecule has 0 fully saturated rings. The van der Waals surface area contributed by atoms with Crippen molar-refractivity contribution in [1.82, 2.24) is 15.2 Å². The van der Waals surface area contributed by atoms with E-state index >= 15 is 0 Å². The van der Waals surface area contributed by atoms with E-state index in [4.69, 9.17) is 10.5 Å². The highest BCUT2D eigenvalue weighted by Gasteiger charge is 2.10. The maximum Gasteiger partial charge on any atom is 0.313 e. The molecule has 1 aromatic heterocycles. The zero-order valence-corrected chi connectivity index (χ0v) is 8.28. The van der Waals surface area contributed by atoms with Crippen LogP contribution < -0.4 is 5.73 Å². The third-order valence-electron chi connectivity index (χ3n) is 1.57. The van der Waals surface area contributed by atoms with E-state index in [1.807, 2.05) is 0 Å². The molecule has 0 spiro atoms. The van der Waals surface area contributed by atoms with Gasteiger partial charge in [0.05, 0.1) is 12.6 Å². The van der Waals surface area contributed by atoms with Crippen molar-refractivity contribution in [3.63, 3.8) is 0 Å². The van der Waals surface area contributed by atoms with E-state index in [-0.39, 0.29) is 18.4 Å². The van der Waals surface area contributed by atoms with Gasteiger partial charge < -0.3 is 10.5 Å². The Bertz CT molecular complexity index is 308. The molecule has 0 saturated carbocycles. The number of carbonyl (C=O) groups is 1. The van der Waals surface area contributed by atoms with Crippen LogP contribution in [0.25, 0.3) is 0 Å². The molecule has 6 heteroatoms. The fourth-order valence-corrected chi connectivity index (χ4v) is 0.942. The van der Waals surface area contributed by atoms with Gasteiger partial charge in [-0.05, 0) is 13.8 Å². The summed E-state index contributed by atoms with van der Waals surface area (Å²) in [5.41, 5.74) is 5.56. The highest BCUT2D eigenvalue weighted by molar-refractivity contribution is 5.71. The standard InChI is InChI=1S/C8H14N4O2/c1-3-14-7(13)4-6-10-8(5(2)9)12-11-6/h5H,3-4,9H2,1-2H3,(H,10,11,12)/t5-/m0/s1. The van der Waals surface area contributed by atoms with Crippen molar-refractivity contribution in [2.45, 2.75) is 26.3 Å². The average molecular weight is 198 g/mol. The van der Waals surface area contributed by atoms with Crippen LogP contribution in [-0.2, 0) is 16.0 Å². The van der Waals surface area contributed by atoms with Crippen molar-refractivity contribution < 1.29 is 9.53 Å². The molecule has 0 unspecified atom stereocenters. The van der Waals surface area contributed by atoms with Gasteiger partial charge >= 0.3 is 5.97 Å². The third kappa shape index (κ3) is 2.81. The first-order valence-corrected chi connectivity index (χ1v) is 4.45. The van der Waals surface area contributed by atoms with Crippen molar-refractivity contribution in [3.8, 4) is 0 Å². The van der Waals surface area contributed by atoms with Crippen molar-refractivity contribution in [1.29, 1.82) is 0 Å². The Hall–Kier alpha value is -1.43. The number of aromatic amines is 1. The number of nitrogens with zero attached hydrogens (tertiary/aromatic N) is 2. The number of nitrogens with one attached hydrogen (secondary N) is 1. The minimum absolute atomic E-state index is 0.105. The monoisotopic (exact) mass is 198 g/mol. The third-order valence-corrected chi connectivity index (χ3v) is 1.57. The lowest BCUT2D eigenvalue weighted by Gasteiger charge is -1.97. The van der Waals surface area contributed by atoms with Gasteiger partial charge in [0.15, 0.2) is 5.82 Å². The van der Waals surface area contributed by atoms with Crippen LogP contribution in [0, 0.1) is 0 Å². The van der Waals surface area contributed by atoms with Crippen LogP contribution >= 0.6 is 0 Å². The van der Waals surface area contributed by atoms with Crippen molar-refractivity contribution >= 4 is 5.97 Å². The fraction of sp³-hybridized carbons (Fsp3) is 0.625. The molecule has 6 nitrogen and oxygen atoms in total. The summed E-state index contributed by atoms with van der Waals surface area (Å²) in [5.74, 6) is 0.667. The largest absolute Gasteiger partial charge is 0.466 e. The average Bonchev–Trinajstić information content (AvgIpc) is 2.53. The Labute approximate surface area is 81.9 Å². The van der Waals surface area contributed by atoms with Gasteiger partial charge in [-0.1, -0.05) is 0 Å². The Kier molecular flexibility index (Phi) is 3.58. The summed E-state index contributed by atoms with van der Waals surface area (Å²) in [4.78, 5) is 15.1. The molecular formula is C8H14N4O2. The van der Waals surface area contributed by atoms with E-state index in [0.29, 0.717) is 18.3 Å². The van der Waals surface area contributed by atoms with Crippen molar-refractivity contribution in [2.24, 2.45) is 5.73 Å². The summed E-state index contributed by atoms with van der Waals surface area (Å²) < 4.78 is 4.76. The lowest BCUT2D eigenvalue weighted by atomic mass is 10.3. The molecule has 78 valence electrons. The maximum atomic E-state index is 11.1. The number of ether oxygens (including phenoxy) is 1. The topological polar surface area (TPSA) is 93.9 Å². The highest BCUT2D eigenvalue weighted by atomic mass is 16.5. The van der Waals surface area contributed by atoms with Gasteiger partial charge in [0, 0.05) is 0 Å². The molecule has 0 bridgehead atoms. The predicted octanol–water partition coefficient (Wildman–Crippen LogP) is -0.0700. The molecule has 3 N–H and O–H groups in total. The molecule has 0 aliphatic carbocycles. The molecule has 1 aromatic rings. The van der Waals surface area contributed by atoms with E-state index in [2.05, 4.69) is 15.2 Å². The summed E-state index contributed by atoms with van der Waals surface area (Å²) in [5, 5.41) is 6.49. The number of rotatable bonds is 4. The molecule has 14 heavy (non-hydrogen) atoms. The van der Waals surface area contributed by atoms with Crippen LogP contribution in [0.2, 0.25) is 0 Å². The number of nitrogens with two attached hydrogens (primary N) is 1. The summed E-state index contributed by atoms with van der Waals surface area (Å²) in [6.45, 7) is 3.90. The maximum absolute atomic E-state index is 11.1. The Morgan fingerprint density at radius 1 is 1.71 bits per heavy atom. The smallest absolute Gasteiger partial charge is 0.313 e. The first-order valence-electron chi connectivity index (χ1n) is 4.45. The molecule has 0 amide bonds. The first-order chi connectivity index (χ1) is 6.63. The van der Waals surface area contributed by atoms with Gasteiger partial charge in [0.1, 0.15) is 12.2 Å². The van der Waals surface area contributed by atoms with Crippen LogP contribution in [0.4, 0.5) is 0 Å². The molecule has 1 heterocycles. The van der Waals surface area contributed by atoms with E-state index in [1.54, 1.807) is 13.8 Å². The predicted molar refractivity (Wildman–Crippen MR) is 49.3 cm³/mol. The lowest BCUT2D eigenvalue weighted by molar-refractivity contribution is -0.142. The first kappa shape index (κ1) is 10.6. The van der Waals surface area contributed by atoms with Gasteiger partial charge in [-0.15, -0.1) is 0 Å². The second-order valence-corrected chi connectivity index (χ2v) is 2.91. The summed E-state index contributed by atoms with van der Waals surface area (Å²) in [6, 6.07) is -0.234. The van der Waals surface area contributed by atoms with Crippen LogP contribution in [0.5, 0.6) is 0 Å². The molecule has 0 aromatic carbocycles. The minimum atomic E-state index is -0.320. The second kappa shape index (κ2) is 4.71. The fourth-order valence-electron chi connectivity index (χ4n) is 0.942. The zero-order valence-electron chi connectivity index (χ0n) is 8.28. The van der Waals surface area contributed by atoms with E-state index in [1.165, 1.54) is 0 Å². The molecule has 1 rings (SSSR count). The highest BCUT2D eigenvalue weighted by Crippen LogP contribution is 2.02. The zero-order chi connectivity index (χ0) is 10.6. The van der Waals surface area contributed by atoms with E-state index in [0.717, 1.165) is 0 Å². The van der Waals surface area contributed by atoms with Gasteiger partial charge in [-0.2, -0.15) is 5.10 Å². The molecule has 0 radical (unpaired) electrons. The van der Waals surface area contributed by atoms with Crippen molar-refractivity contribution in [2.75, 3.05) is 6.61 Å². The number of esters is 1. The molecule has 0 aliphatic heterocycles. The van der Waals surface area contributed by atoms with E-state index in [9.17, 15) is 4.79 Å². The SMILES string of the molecule is CCOC(=O)Cc1nc([C@H](C)N)n[nH]1. The molecule has 1 atom stereocenters. The number of hydrogen-bond donors (Lipinski definition) is 2.